The lowest BCUT2D eigenvalue weighted by Gasteiger charge is -2.43. The highest BCUT2D eigenvalue weighted by Gasteiger charge is 2.44. The molecular formula is C27H31NO2. The van der Waals surface area contributed by atoms with Crippen LogP contribution in [-0.4, -0.2) is 11.7 Å². The van der Waals surface area contributed by atoms with Gasteiger partial charge in [-0.25, -0.2) is 0 Å². The van der Waals surface area contributed by atoms with Crippen LogP contribution in [0, 0.1) is 5.41 Å². The zero-order chi connectivity index (χ0) is 21.5. The first-order chi connectivity index (χ1) is 14.3. The van der Waals surface area contributed by atoms with Gasteiger partial charge in [-0.05, 0) is 53.5 Å². The van der Waals surface area contributed by atoms with Crippen LogP contribution in [0.25, 0.3) is 0 Å². The van der Waals surface area contributed by atoms with Crippen LogP contribution in [0.15, 0.2) is 59.8 Å². The highest BCUT2D eigenvalue weighted by molar-refractivity contribution is 6.07. The SMILES string of the molecule is CCc1ccc(C2CC(=O)N(c3ccc(CC)cc3)C3=C2C(=O)CC(C)(C)C3)cc1. The summed E-state index contributed by atoms with van der Waals surface area (Å²) in [5.41, 5.74) is 6.05. The number of nitrogens with zero attached hydrogens (tertiary/aromatic N) is 1. The maximum atomic E-state index is 13.4. The average molecular weight is 402 g/mol. The van der Waals surface area contributed by atoms with E-state index in [1.807, 2.05) is 17.0 Å². The van der Waals surface area contributed by atoms with Crippen LogP contribution >= 0.6 is 0 Å². The van der Waals surface area contributed by atoms with Gasteiger partial charge in [0.2, 0.25) is 5.91 Å². The monoisotopic (exact) mass is 401 g/mol. The zero-order valence-corrected chi connectivity index (χ0v) is 18.5. The normalized spacial score (nSPS) is 21.1. The molecule has 1 aliphatic carbocycles. The van der Waals surface area contributed by atoms with Gasteiger partial charge < -0.3 is 0 Å². The summed E-state index contributed by atoms with van der Waals surface area (Å²) in [6.07, 6.45) is 3.55. The molecule has 0 aromatic heterocycles. The van der Waals surface area contributed by atoms with Gasteiger partial charge in [0.05, 0.1) is 0 Å². The Morgan fingerprint density at radius 2 is 1.43 bits per heavy atom. The standard InChI is InChI=1S/C27H31NO2/c1-5-18-7-11-20(12-8-18)22-15-25(30)28(21-13-9-19(6-2)10-14-21)23-16-27(3,4)17-24(29)26(22)23/h7-14,22H,5-6,15-17H2,1-4H3. The number of carbonyl (C=O) groups excluding carboxylic acids is 2. The number of allylic oxidation sites excluding steroid dienone is 2. The molecule has 2 aromatic carbocycles. The van der Waals surface area contributed by atoms with E-state index in [1.165, 1.54) is 11.1 Å². The van der Waals surface area contributed by atoms with Crippen LogP contribution in [0.5, 0.6) is 0 Å². The van der Waals surface area contributed by atoms with Crippen molar-refractivity contribution in [2.24, 2.45) is 5.41 Å². The number of carbonyl (C=O) groups is 2. The topological polar surface area (TPSA) is 37.4 Å². The molecule has 0 saturated carbocycles. The number of Topliss-reactive ketones (excluding diaryl/α,β-unsaturated/α-hetero) is 1. The molecule has 0 N–H and O–H groups in total. The Kier molecular flexibility index (Phi) is 5.40. The molecule has 4 rings (SSSR count). The van der Waals surface area contributed by atoms with Crippen LogP contribution in [0.4, 0.5) is 5.69 Å². The molecule has 2 aromatic rings. The van der Waals surface area contributed by atoms with Crippen molar-refractivity contribution in [3.05, 3.63) is 76.5 Å². The minimum atomic E-state index is -0.147. The van der Waals surface area contributed by atoms with Crippen molar-refractivity contribution in [2.45, 2.75) is 65.7 Å². The lowest BCUT2D eigenvalue weighted by atomic mass is 9.69. The number of benzene rings is 2. The second-order valence-electron chi connectivity index (χ2n) is 9.40. The zero-order valence-electron chi connectivity index (χ0n) is 18.5. The second-order valence-corrected chi connectivity index (χ2v) is 9.40. The van der Waals surface area contributed by atoms with Gasteiger partial charge in [0.15, 0.2) is 5.78 Å². The molecule has 3 nitrogen and oxygen atoms in total. The molecule has 0 saturated heterocycles. The Balaban J connectivity index is 1.84. The van der Waals surface area contributed by atoms with E-state index in [-0.39, 0.29) is 23.0 Å². The second kappa shape index (κ2) is 7.86. The first-order valence-electron chi connectivity index (χ1n) is 11.1. The number of anilines is 1. The van der Waals surface area contributed by atoms with E-state index in [0.29, 0.717) is 12.8 Å². The summed E-state index contributed by atoms with van der Waals surface area (Å²) in [5.74, 6) is 0.120. The van der Waals surface area contributed by atoms with Crippen LogP contribution < -0.4 is 4.90 Å². The fourth-order valence-electron chi connectivity index (χ4n) is 4.87. The number of aryl methyl sites for hydroxylation is 2. The molecule has 1 unspecified atom stereocenters. The third-order valence-corrected chi connectivity index (χ3v) is 6.54. The highest BCUT2D eigenvalue weighted by Crippen LogP contribution is 2.48. The van der Waals surface area contributed by atoms with Gasteiger partial charge in [-0.3, -0.25) is 14.5 Å². The van der Waals surface area contributed by atoms with E-state index in [4.69, 9.17) is 0 Å². The van der Waals surface area contributed by atoms with E-state index in [9.17, 15) is 9.59 Å². The summed E-state index contributed by atoms with van der Waals surface area (Å²) in [6.45, 7) is 8.50. The fourth-order valence-corrected chi connectivity index (χ4v) is 4.87. The molecule has 0 spiro atoms. The average Bonchev–Trinajstić information content (AvgIpc) is 2.72. The lowest BCUT2D eigenvalue weighted by Crippen LogP contribution is -2.43. The molecule has 1 amide bonds. The predicted octanol–water partition coefficient (Wildman–Crippen LogP) is 5.98. The molecule has 156 valence electrons. The van der Waals surface area contributed by atoms with Gasteiger partial charge in [-0.2, -0.15) is 0 Å². The Bertz CT molecular complexity index is 996. The van der Waals surface area contributed by atoms with Crippen LogP contribution in [-0.2, 0) is 22.4 Å². The summed E-state index contributed by atoms with van der Waals surface area (Å²) in [7, 11) is 0. The van der Waals surface area contributed by atoms with Crippen molar-refractivity contribution in [3.63, 3.8) is 0 Å². The maximum absolute atomic E-state index is 13.4. The Hall–Kier alpha value is -2.68. The molecule has 0 fully saturated rings. The number of hydrogen-bond donors (Lipinski definition) is 0. The number of hydrogen-bond acceptors (Lipinski definition) is 2. The van der Waals surface area contributed by atoms with Crippen LogP contribution in [0.2, 0.25) is 0 Å². The summed E-state index contributed by atoms with van der Waals surface area (Å²) >= 11 is 0. The highest BCUT2D eigenvalue weighted by atomic mass is 16.2. The van der Waals surface area contributed by atoms with Crippen molar-refractivity contribution >= 4 is 17.4 Å². The van der Waals surface area contributed by atoms with Crippen molar-refractivity contribution in [1.82, 2.24) is 0 Å². The molecule has 1 aliphatic heterocycles. The molecule has 0 radical (unpaired) electrons. The minimum Gasteiger partial charge on any atom is -0.294 e. The van der Waals surface area contributed by atoms with Crippen LogP contribution in [0.1, 0.15) is 69.6 Å². The van der Waals surface area contributed by atoms with Crippen LogP contribution in [0.3, 0.4) is 0 Å². The summed E-state index contributed by atoms with van der Waals surface area (Å²) in [6, 6.07) is 16.6. The molecule has 2 aliphatic rings. The molecule has 3 heteroatoms. The molecular weight excluding hydrogens is 370 g/mol. The Morgan fingerprint density at radius 1 is 0.867 bits per heavy atom. The third kappa shape index (κ3) is 3.74. The number of rotatable bonds is 4. The van der Waals surface area contributed by atoms with Gasteiger partial charge in [-0.15, -0.1) is 0 Å². The van der Waals surface area contributed by atoms with E-state index in [2.05, 4.69) is 64.1 Å². The fraction of sp³-hybridized carbons (Fsp3) is 0.407. The Labute approximate surface area is 179 Å². The van der Waals surface area contributed by atoms with Crippen molar-refractivity contribution in [2.75, 3.05) is 4.90 Å². The molecule has 1 heterocycles. The summed E-state index contributed by atoms with van der Waals surface area (Å²) in [4.78, 5) is 28.6. The van der Waals surface area contributed by atoms with E-state index < -0.39 is 0 Å². The van der Waals surface area contributed by atoms with E-state index in [0.717, 1.165) is 41.8 Å². The van der Waals surface area contributed by atoms with Crippen molar-refractivity contribution in [3.8, 4) is 0 Å². The quantitative estimate of drug-likeness (QED) is 0.632. The lowest BCUT2D eigenvalue weighted by molar-refractivity contribution is -0.121. The molecule has 1 atom stereocenters. The predicted molar refractivity (Wildman–Crippen MR) is 122 cm³/mol. The summed E-state index contributed by atoms with van der Waals surface area (Å²) < 4.78 is 0. The smallest absolute Gasteiger partial charge is 0.232 e. The van der Waals surface area contributed by atoms with Crippen molar-refractivity contribution < 1.29 is 9.59 Å². The van der Waals surface area contributed by atoms with Crippen molar-refractivity contribution in [1.29, 1.82) is 0 Å². The summed E-state index contributed by atoms with van der Waals surface area (Å²) in [5, 5.41) is 0. The Morgan fingerprint density at radius 3 is 2.00 bits per heavy atom. The van der Waals surface area contributed by atoms with E-state index >= 15 is 0 Å². The molecule has 0 bridgehead atoms. The minimum absolute atomic E-state index is 0.0769. The van der Waals surface area contributed by atoms with Gasteiger partial charge in [0, 0.05) is 35.7 Å². The third-order valence-electron chi connectivity index (χ3n) is 6.54. The number of amides is 1. The van der Waals surface area contributed by atoms with Gasteiger partial charge in [-0.1, -0.05) is 64.1 Å². The molecule has 30 heavy (non-hydrogen) atoms. The van der Waals surface area contributed by atoms with E-state index in [1.54, 1.807) is 0 Å². The maximum Gasteiger partial charge on any atom is 0.232 e. The first-order valence-corrected chi connectivity index (χ1v) is 11.1. The van der Waals surface area contributed by atoms with Gasteiger partial charge >= 0.3 is 0 Å². The number of ketones is 1. The van der Waals surface area contributed by atoms with Gasteiger partial charge in [0.25, 0.3) is 0 Å². The first kappa shape index (κ1) is 20.6. The largest absolute Gasteiger partial charge is 0.294 e. The van der Waals surface area contributed by atoms with Gasteiger partial charge in [0.1, 0.15) is 0 Å².